The van der Waals surface area contributed by atoms with E-state index < -0.39 is 12.0 Å². The number of carbonyl (C=O) groups is 2. The smallest absolute Gasteiger partial charge is 0.326 e. The van der Waals surface area contributed by atoms with E-state index in [0.29, 0.717) is 6.54 Å². The van der Waals surface area contributed by atoms with E-state index in [1.165, 1.54) is 11.8 Å². The standard InChI is InChI=1S/C12H23N3O3/c1-9-8-13(3)6-5-7-15(9)12(18)14(4)10(2)11(16)17/h9-10H,5-8H2,1-4H3,(H,16,17). The number of rotatable bonds is 2. The monoisotopic (exact) mass is 257 g/mol. The fourth-order valence-electron chi connectivity index (χ4n) is 2.19. The summed E-state index contributed by atoms with van der Waals surface area (Å²) in [5.74, 6) is -0.981. The van der Waals surface area contributed by atoms with Crippen LogP contribution in [0.4, 0.5) is 4.79 Å². The summed E-state index contributed by atoms with van der Waals surface area (Å²) in [7, 11) is 3.58. The number of hydrogen-bond donors (Lipinski definition) is 1. The number of nitrogens with zero attached hydrogens (tertiary/aromatic N) is 3. The summed E-state index contributed by atoms with van der Waals surface area (Å²) >= 11 is 0. The van der Waals surface area contributed by atoms with E-state index >= 15 is 0 Å². The first-order valence-corrected chi connectivity index (χ1v) is 6.29. The lowest BCUT2D eigenvalue weighted by Gasteiger charge is -2.33. The van der Waals surface area contributed by atoms with E-state index in [1.807, 2.05) is 14.0 Å². The van der Waals surface area contributed by atoms with Gasteiger partial charge in [-0.05, 0) is 33.9 Å². The third-order valence-corrected chi connectivity index (χ3v) is 3.53. The van der Waals surface area contributed by atoms with Crippen molar-refractivity contribution >= 4 is 12.0 Å². The molecule has 2 unspecified atom stereocenters. The second-order valence-corrected chi connectivity index (χ2v) is 5.07. The molecule has 0 aliphatic carbocycles. The highest BCUT2D eigenvalue weighted by Gasteiger charge is 2.30. The molecule has 1 fully saturated rings. The Hall–Kier alpha value is -1.30. The minimum absolute atomic E-state index is 0.105. The average Bonchev–Trinajstić information content (AvgIpc) is 2.47. The van der Waals surface area contributed by atoms with Gasteiger partial charge in [-0.15, -0.1) is 0 Å². The van der Waals surface area contributed by atoms with E-state index in [-0.39, 0.29) is 12.1 Å². The molecule has 0 aromatic rings. The summed E-state index contributed by atoms with van der Waals surface area (Å²) < 4.78 is 0. The molecule has 2 amide bonds. The van der Waals surface area contributed by atoms with Gasteiger partial charge in [-0.25, -0.2) is 9.59 Å². The highest BCUT2D eigenvalue weighted by molar-refractivity contribution is 5.82. The van der Waals surface area contributed by atoms with Crippen LogP contribution in [0.15, 0.2) is 0 Å². The normalized spacial score (nSPS) is 23.3. The summed E-state index contributed by atoms with van der Waals surface area (Å²) in [6.45, 7) is 5.99. The van der Waals surface area contributed by atoms with Gasteiger partial charge in [0.2, 0.25) is 0 Å². The predicted octanol–water partition coefficient (Wildman–Crippen LogP) is 0.537. The lowest BCUT2D eigenvalue weighted by molar-refractivity contribution is -0.141. The molecule has 0 spiro atoms. The molecule has 1 heterocycles. The lowest BCUT2D eigenvalue weighted by Crippen LogP contribution is -2.51. The van der Waals surface area contributed by atoms with Gasteiger partial charge in [-0.3, -0.25) is 0 Å². The second kappa shape index (κ2) is 6.04. The lowest BCUT2D eigenvalue weighted by atomic mass is 10.2. The average molecular weight is 257 g/mol. The van der Waals surface area contributed by atoms with Crippen molar-refractivity contribution in [2.45, 2.75) is 32.4 Å². The molecule has 104 valence electrons. The number of carboxylic acids is 1. The highest BCUT2D eigenvalue weighted by atomic mass is 16.4. The van der Waals surface area contributed by atoms with Crippen LogP contribution in [-0.2, 0) is 4.79 Å². The molecule has 1 aliphatic heterocycles. The van der Waals surface area contributed by atoms with Crippen molar-refractivity contribution in [2.75, 3.05) is 33.7 Å². The second-order valence-electron chi connectivity index (χ2n) is 5.07. The van der Waals surface area contributed by atoms with Gasteiger partial charge in [0.05, 0.1) is 0 Å². The highest BCUT2D eigenvalue weighted by Crippen LogP contribution is 2.12. The van der Waals surface area contributed by atoms with Gasteiger partial charge in [0.1, 0.15) is 6.04 Å². The van der Waals surface area contributed by atoms with Crippen molar-refractivity contribution in [3.63, 3.8) is 0 Å². The molecule has 1 N–H and O–H groups in total. The Kier molecular flexibility index (Phi) is 4.95. The molecule has 2 atom stereocenters. The molecule has 1 saturated heterocycles. The summed E-state index contributed by atoms with van der Waals surface area (Å²) in [4.78, 5) is 28.4. The first-order chi connectivity index (χ1) is 8.34. The molecule has 1 aliphatic rings. The fourth-order valence-corrected chi connectivity index (χ4v) is 2.19. The Balaban J connectivity index is 2.72. The van der Waals surface area contributed by atoms with Gasteiger partial charge in [-0.2, -0.15) is 0 Å². The van der Waals surface area contributed by atoms with E-state index in [1.54, 1.807) is 11.9 Å². The van der Waals surface area contributed by atoms with Gasteiger partial charge in [0.15, 0.2) is 0 Å². The summed E-state index contributed by atoms with van der Waals surface area (Å²) in [6, 6.07) is -0.896. The van der Waals surface area contributed by atoms with Crippen LogP contribution in [-0.4, -0.2) is 77.6 Å². The Morgan fingerprint density at radius 2 is 2.00 bits per heavy atom. The molecule has 1 rings (SSSR count). The quantitative estimate of drug-likeness (QED) is 0.784. The SMILES string of the molecule is CC(C(=O)O)N(C)C(=O)N1CCCN(C)CC1C. The first-order valence-electron chi connectivity index (χ1n) is 6.29. The van der Waals surface area contributed by atoms with E-state index in [0.717, 1.165) is 19.5 Å². The van der Waals surface area contributed by atoms with Crippen LogP contribution in [0.25, 0.3) is 0 Å². The number of aliphatic carboxylic acids is 1. The maximum Gasteiger partial charge on any atom is 0.326 e. The van der Waals surface area contributed by atoms with Crippen LogP contribution in [0.5, 0.6) is 0 Å². The van der Waals surface area contributed by atoms with Crippen molar-refractivity contribution in [1.82, 2.24) is 14.7 Å². The number of likely N-dealkylation sites (N-methyl/N-ethyl adjacent to an activating group) is 2. The largest absolute Gasteiger partial charge is 0.480 e. The van der Waals surface area contributed by atoms with Crippen LogP contribution >= 0.6 is 0 Å². The Morgan fingerprint density at radius 3 is 2.56 bits per heavy atom. The van der Waals surface area contributed by atoms with Crippen molar-refractivity contribution in [2.24, 2.45) is 0 Å². The zero-order chi connectivity index (χ0) is 13.9. The number of carbonyl (C=O) groups excluding carboxylic acids is 1. The Bertz CT molecular complexity index is 322. The molecule has 18 heavy (non-hydrogen) atoms. The summed E-state index contributed by atoms with van der Waals surface area (Å²) in [6.07, 6.45) is 0.919. The number of hydrogen-bond acceptors (Lipinski definition) is 3. The van der Waals surface area contributed by atoms with E-state index in [2.05, 4.69) is 4.90 Å². The minimum Gasteiger partial charge on any atom is -0.480 e. The van der Waals surface area contributed by atoms with Gasteiger partial charge in [0, 0.05) is 26.2 Å². The van der Waals surface area contributed by atoms with Crippen LogP contribution in [0.3, 0.4) is 0 Å². The zero-order valence-corrected chi connectivity index (χ0v) is 11.6. The maximum atomic E-state index is 12.3. The van der Waals surface area contributed by atoms with Gasteiger partial charge in [0.25, 0.3) is 0 Å². The maximum absolute atomic E-state index is 12.3. The van der Waals surface area contributed by atoms with Crippen molar-refractivity contribution in [1.29, 1.82) is 0 Å². The van der Waals surface area contributed by atoms with Gasteiger partial charge in [-0.1, -0.05) is 0 Å². The molecule has 0 aromatic heterocycles. The summed E-state index contributed by atoms with van der Waals surface area (Å²) in [5, 5.41) is 8.94. The third-order valence-electron chi connectivity index (χ3n) is 3.53. The van der Waals surface area contributed by atoms with Crippen molar-refractivity contribution < 1.29 is 14.7 Å². The topological polar surface area (TPSA) is 64.1 Å². The van der Waals surface area contributed by atoms with Crippen LogP contribution in [0.2, 0.25) is 0 Å². The molecule has 0 aromatic carbocycles. The first kappa shape index (κ1) is 14.8. The number of carboxylic acid groups (broad SMARTS) is 1. The molecule has 0 bridgehead atoms. The van der Waals surface area contributed by atoms with Crippen LogP contribution < -0.4 is 0 Å². The van der Waals surface area contributed by atoms with E-state index in [9.17, 15) is 9.59 Å². The van der Waals surface area contributed by atoms with Gasteiger partial charge >= 0.3 is 12.0 Å². The molecular weight excluding hydrogens is 234 g/mol. The number of amides is 2. The summed E-state index contributed by atoms with van der Waals surface area (Å²) in [5.41, 5.74) is 0. The number of urea groups is 1. The van der Waals surface area contributed by atoms with Crippen LogP contribution in [0.1, 0.15) is 20.3 Å². The molecule has 0 saturated carbocycles. The van der Waals surface area contributed by atoms with Crippen molar-refractivity contribution in [3.05, 3.63) is 0 Å². The zero-order valence-electron chi connectivity index (χ0n) is 11.6. The molecule has 6 nitrogen and oxygen atoms in total. The van der Waals surface area contributed by atoms with Crippen LogP contribution in [0, 0.1) is 0 Å². The Labute approximate surface area is 108 Å². The fraction of sp³-hybridized carbons (Fsp3) is 0.833. The molecular formula is C12H23N3O3. The minimum atomic E-state index is -0.981. The van der Waals surface area contributed by atoms with Gasteiger partial charge < -0.3 is 19.8 Å². The molecule has 6 heteroatoms. The van der Waals surface area contributed by atoms with Crippen molar-refractivity contribution in [3.8, 4) is 0 Å². The predicted molar refractivity (Wildman–Crippen MR) is 68.5 cm³/mol. The Morgan fingerprint density at radius 1 is 1.39 bits per heavy atom. The molecule has 0 radical (unpaired) electrons. The van der Waals surface area contributed by atoms with E-state index in [4.69, 9.17) is 5.11 Å². The third kappa shape index (κ3) is 3.35.